The van der Waals surface area contributed by atoms with Crippen molar-refractivity contribution in [3.05, 3.63) is 35.4 Å². The second-order valence-electron chi connectivity index (χ2n) is 5.49. The summed E-state index contributed by atoms with van der Waals surface area (Å²) in [6, 6.07) is 8.94. The van der Waals surface area contributed by atoms with Crippen molar-refractivity contribution in [1.29, 1.82) is 0 Å². The molecule has 2 aliphatic rings. The zero-order valence-corrected chi connectivity index (χ0v) is 9.95. The number of likely N-dealkylation sites (tertiary alicyclic amines) is 1. The predicted molar refractivity (Wildman–Crippen MR) is 66.6 cm³/mol. The Labute approximate surface area is 97.4 Å². The SMILES string of the molecule is CN1CC(c2ccccc2C2(CN)CC2)C1. The van der Waals surface area contributed by atoms with Crippen LogP contribution in [0.1, 0.15) is 29.9 Å². The first-order valence-corrected chi connectivity index (χ1v) is 6.23. The van der Waals surface area contributed by atoms with E-state index in [2.05, 4.69) is 36.2 Å². The molecule has 0 atom stereocenters. The Kier molecular flexibility index (Phi) is 2.30. The smallest absolute Gasteiger partial charge is 0.00963 e. The number of likely N-dealkylation sites (N-methyl/N-ethyl adjacent to an activating group) is 1. The number of hydrogen-bond donors (Lipinski definition) is 1. The molecule has 0 amide bonds. The minimum Gasteiger partial charge on any atom is -0.330 e. The van der Waals surface area contributed by atoms with Gasteiger partial charge in [-0.1, -0.05) is 24.3 Å². The van der Waals surface area contributed by atoms with Gasteiger partial charge in [-0.15, -0.1) is 0 Å². The van der Waals surface area contributed by atoms with Gasteiger partial charge in [0.05, 0.1) is 0 Å². The van der Waals surface area contributed by atoms with E-state index in [0.29, 0.717) is 5.41 Å². The summed E-state index contributed by atoms with van der Waals surface area (Å²) >= 11 is 0. The fourth-order valence-electron chi connectivity index (χ4n) is 2.97. The summed E-state index contributed by atoms with van der Waals surface area (Å²) in [6.45, 7) is 3.22. The third-order valence-electron chi connectivity index (χ3n) is 4.28. The Bertz CT molecular complexity index is 389. The quantitative estimate of drug-likeness (QED) is 0.833. The summed E-state index contributed by atoms with van der Waals surface area (Å²) in [5, 5.41) is 0. The lowest BCUT2D eigenvalue weighted by atomic mass is 9.82. The van der Waals surface area contributed by atoms with E-state index >= 15 is 0 Å². The first-order valence-electron chi connectivity index (χ1n) is 6.23. The minimum atomic E-state index is 0.338. The monoisotopic (exact) mass is 216 g/mol. The molecule has 86 valence electrons. The number of benzene rings is 1. The van der Waals surface area contributed by atoms with Crippen LogP contribution in [-0.4, -0.2) is 31.6 Å². The van der Waals surface area contributed by atoms with E-state index in [1.165, 1.54) is 31.5 Å². The van der Waals surface area contributed by atoms with Crippen LogP contribution in [0.2, 0.25) is 0 Å². The lowest BCUT2D eigenvalue weighted by Crippen LogP contribution is -2.42. The second-order valence-corrected chi connectivity index (χ2v) is 5.49. The normalized spacial score (nSPS) is 24.1. The summed E-state index contributed by atoms with van der Waals surface area (Å²) < 4.78 is 0. The van der Waals surface area contributed by atoms with Crippen molar-refractivity contribution in [1.82, 2.24) is 4.90 Å². The highest BCUT2D eigenvalue weighted by molar-refractivity contribution is 5.42. The molecule has 2 nitrogen and oxygen atoms in total. The Balaban J connectivity index is 1.93. The van der Waals surface area contributed by atoms with Crippen molar-refractivity contribution in [2.45, 2.75) is 24.2 Å². The molecule has 1 aromatic rings. The molecule has 1 heterocycles. The second kappa shape index (κ2) is 3.57. The Morgan fingerprint density at radius 1 is 1.31 bits per heavy atom. The van der Waals surface area contributed by atoms with Crippen LogP contribution in [0, 0.1) is 0 Å². The van der Waals surface area contributed by atoms with Gasteiger partial charge in [0.1, 0.15) is 0 Å². The lowest BCUT2D eigenvalue weighted by Gasteiger charge is -2.38. The van der Waals surface area contributed by atoms with Gasteiger partial charge in [-0.3, -0.25) is 0 Å². The first kappa shape index (κ1) is 10.3. The van der Waals surface area contributed by atoms with Crippen LogP contribution in [0.25, 0.3) is 0 Å². The van der Waals surface area contributed by atoms with E-state index in [-0.39, 0.29) is 0 Å². The van der Waals surface area contributed by atoms with Crippen molar-refractivity contribution in [3.8, 4) is 0 Å². The van der Waals surface area contributed by atoms with Crippen molar-refractivity contribution in [2.24, 2.45) is 5.73 Å². The molecule has 2 heteroatoms. The molecule has 0 bridgehead atoms. The molecule has 0 aromatic heterocycles. The van der Waals surface area contributed by atoms with Gasteiger partial charge in [0.15, 0.2) is 0 Å². The van der Waals surface area contributed by atoms with Crippen molar-refractivity contribution in [3.63, 3.8) is 0 Å². The number of nitrogens with zero attached hydrogens (tertiary/aromatic N) is 1. The molecule has 1 aliphatic heterocycles. The Morgan fingerprint density at radius 2 is 2.00 bits per heavy atom. The van der Waals surface area contributed by atoms with Crippen molar-refractivity contribution >= 4 is 0 Å². The van der Waals surface area contributed by atoms with Crippen LogP contribution in [-0.2, 0) is 5.41 Å². The van der Waals surface area contributed by atoms with Crippen LogP contribution in [0.5, 0.6) is 0 Å². The van der Waals surface area contributed by atoms with Crippen molar-refractivity contribution < 1.29 is 0 Å². The molecule has 0 spiro atoms. The highest BCUT2D eigenvalue weighted by Gasteiger charge is 2.45. The third-order valence-corrected chi connectivity index (χ3v) is 4.28. The fourth-order valence-corrected chi connectivity index (χ4v) is 2.97. The number of hydrogen-bond acceptors (Lipinski definition) is 2. The van der Waals surface area contributed by atoms with Crippen LogP contribution in [0.15, 0.2) is 24.3 Å². The summed E-state index contributed by atoms with van der Waals surface area (Å²) in [4.78, 5) is 2.38. The predicted octanol–water partition coefficient (Wildman–Crippen LogP) is 1.71. The molecular weight excluding hydrogens is 196 g/mol. The molecule has 1 aliphatic carbocycles. The zero-order chi connectivity index (χ0) is 11.2. The fraction of sp³-hybridized carbons (Fsp3) is 0.571. The van der Waals surface area contributed by atoms with Gasteiger partial charge in [0.2, 0.25) is 0 Å². The molecule has 1 saturated carbocycles. The van der Waals surface area contributed by atoms with Crippen molar-refractivity contribution in [2.75, 3.05) is 26.7 Å². The highest BCUT2D eigenvalue weighted by atomic mass is 15.2. The maximum atomic E-state index is 5.95. The molecule has 2 fully saturated rings. The molecule has 0 unspecified atom stereocenters. The molecule has 16 heavy (non-hydrogen) atoms. The summed E-state index contributed by atoms with van der Waals surface area (Å²) in [5.41, 5.74) is 9.38. The van der Waals surface area contributed by atoms with Gasteiger partial charge in [-0.2, -0.15) is 0 Å². The third kappa shape index (κ3) is 1.48. The summed E-state index contributed by atoms with van der Waals surface area (Å²) in [7, 11) is 2.19. The molecule has 1 aromatic carbocycles. The largest absolute Gasteiger partial charge is 0.330 e. The number of nitrogens with two attached hydrogens (primary N) is 1. The standard InChI is InChI=1S/C14H20N2/c1-16-8-11(9-16)12-4-2-3-5-13(12)14(10-15)6-7-14/h2-5,11H,6-10,15H2,1H3. The maximum absolute atomic E-state index is 5.95. The average Bonchev–Trinajstić information content (AvgIpc) is 3.06. The van der Waals surface area contributed by atoms with Crippen LogP contribution in [0.4, 0.5) is 0 Å². The van der Waals surface area contributed by atoms with E-state index in [1.807, 2.05) is 0 Å². The average molecular weight is 216 g/mol. The van der Waals surface area contributed by atoms with E-state index in [9.17, 15) is 0 Å². The van der Waals surface area contributed by atoms with Gasteiger partial charge >= 0.3 is 0 Å². The topological polar surface area (TPSA) is 29.3 Å². The Morgan fingerprint density at radius 3 is 2.56 bits per heavy atom. The van der Waals surface area contributed by atoms with Gasteiger partial charge in [0, 0.05) is 31.0 Å². The number of rotatable bonds is 3. The molecule has 2 N–H and O–H groups in total. The van der Waals surface area contributed by atoms with E-state index in [4.69, 9.17) is 5.73 Å². The van der Waals surface area contributed by atoms with Gasteiger partial charge in [-0.05, 0) is 31.0 Å². The molecule has 1 saturated heterocycles. The summed E-state index contributed by atoms with van der Waals surface area (Å²) in [5.74, 6) is 0.741. The molecular formula is C14H20N2. The van der Waals surface area contributed by atoms with Gasteiger partial charge in [0.25, 0.3) is 0 Å². The lowest BCUT2D eigenvalue weighted by molar-refractivity contribution is 0.188. The van der Waals surface area contributed by atoms with Gasteiger partial charge < -0.3 is 10.6 Å². The molecule has 3 rings (SSSR count). The maximum Gasteiger partial charge on any atom is 0.00963 e. The minimum absolute atomic E-state index is 0.338. The zero-order valence-electron chi connectivity index (χ0n) is 9.95. The molecule has 0 radical (unpaired) electrons. The van der Waals surface area contributed by atoms with Gasteiger partial charge in [-0.25, -0.2) is 0 Å². The highest BCUT2D eigenvalue weighted by Crippen LogP contribution is 2.50. The van der Waals surface area contributed by atoms with Crippen LogP contribution >= 0.6 is 0 Å². The van der Waals surface area contributed by atoms with E-state index in [1.54, 1.807) is 5.56 Å². The first-order chi connectivity index (χ1) is 7.75. The van der Waals surface area contributed by atoms with E-state index in [0.717, 1.165) is 12.5 Å². The van der Waals surface area contributed by atoms with E-state index < -0.39 is 0 Å². The Hall–Kier alpha value is -0.860. The summed E-state index contributed by atoms with van der Waals surface area (Å²) in [6.07, 6.45) is 2.56. The van der Waals surface area contributed by atoms with Crippen LogP contribution < -0.4 is 5.73 Å². The van der Waals surface area contributed by atoms with Crippen LogP contribution in [0.3, 0.4) is 0 Å².